The second-order valence-corrected chi connectivity index (χ2v) is 3.72. The lowest BCUT2D eigenvalue weighted by atomic mass is 10.1. The molecule has 0 aromatic rings. The summed E-state index contributed by atoms with van der Waals surface area (Å²) >= 11 is 0. The van der Waals surface area contributed by atoms with Gasteiger partial charge in [0.05, 0.1) is 6.10 Å². The van der Waals surface area contributed by atoms with Gasteiger partial charge in [-0.2, -0.15) is 0 Å². The van der Waals surface area contributed by atoms with Gasteiger partial charge in [0.25, 0.3) is 0 Å². The molecule has 0 heterocycles. The molecule has 0 spiro atoms. The molecular weight excluding hydrogens is 172 g/mol. The molecule has 82 valence electrons. The minimum absolute atomic E-state index is 0.330. The average Bonchev–Trinajstić information content (AvgIpc) is 2.17. The standard InChI is InChI=1S/C13H24O/c1-3-5-6-7-8-9-10-12-13(14)11-4-2/h4,10,12-14H,2-3,5-9,11H2,1H3/b12-10+. The summed E-state index contributed by atoms with van der Waals surface area (Å²) in [5.74, 6) is 0. The van der Waals surface area contributed by atoms with Gasteiger partial charge in [0.15, 0.2) is 0 Å². The summed E-state index contributed by atoms with van der Waals surface area (Å²) in [5.41, 5.74) is 0. The van der Waals surface area contributed by atoms with Crippen molar-refractivity contribution in [3.63, 3.8) is 0 Å². The summed E-state index contributed by atoms with van der Waals surface area (Å²) in [6.45, 7) is 5.81. The third-order valence-corrected chi connectivity index (χ3v) is 2.24. The van der Waals surface area contributed by atoms with Crippen molar-refractivity contribution < 1.29 is 5.11 Å². The Kier molecular flexibility index (Phi) is 10.1. The summed E-state index contributed by atoms with van der Waals surface area (Å²) in [4.78, 5) is 0. The molecule has 0 saturated carbocycles. The third kappa shape index (κ3) is 9.53. The number of aliphatic hydroxyl groups excluding tert-OH is 1. The second-order valence-electron chi connectivity index (χ2n) is 3.72. The first kappa shape index (κ1) is 13.4. The van der Waals surface area contributed by atoms with Crippen LogP contribution in [0.1, 0.15) is 51.9 Å². The molecule has 1 heteroatoms. The Hall–Kier alpha value is -0.560. The van der Waals surface area contributed by atoms with E-state index in [2.05, 4.69) is 19.6 Å². The number of aliphatic hydroxyl groups is 1. The summed E-state index contributed by atoms with van der Waals surface area (Å²) in [6.07, 6.45) is 13.7. The largest absolute Gasteiger partial charge is 0.389 e. The van der Waals surface area contributed by atoms with E-state index in [1.165, 1.54) is 32.1 Å². The number of rotatable bonds is 9. The first-order valence-corrected chi connectivity index (χ1v) is 5.76. The van der Waals surface area contributed by atoms with Crippen LogP contribution in [-0.4, -0.2) is 11.2 Å². The van der Waals surface area contributed by atoms with Crippen molar-refractivity contribution >= 4 is 0 Å². The van der Waals surface area contributed by atoms with E-state index in [1.807, 2.05) is 6.08 Å². The van der Waals surface area contributed by atoms with Crippen LogP contribution in [0.3, 0.4) is 0 Å². The van der Waals surface area contributed by atoms with Crippen molar-refractivity contribution in [3.05, 3.63) is 24.8 Å². The van der Waals surface area contributed by atoms with Gasteiger partial charge in [-0.15, -0.1) is 6.58 Å². The highest BCUT2D eigenvalue weighted by molar-refractivity contribution is 4.91. The van der Waals surface area contributed by atoms with E-state index in [1.54, 1.807) is 6.08 Å². The van der Waals surface area contributed by atoms with E-state index in [-0.39, 0.29) is 6.10 Å². The number of unbranched alkanes of at least 4 members (excludes halogenated alkanes) is 5. The molecule has 1 nitrogen and oxygen atoms in total. The van der Waals surface area contributed by atoms with Crippen molar-refractivity contribution in [3.8, 4) is 0 Å². The minimum Gasteiger partial charge on any atom is -0.389 e. The molecule has 0 bridgehead atoms. The van der Waals surface area contributed by atoms with Gasteiger partial charge in [0, 0.05) is 0 Å². The SMILES string of the molecule is C=CCC(O)/C=C/CCCCCCC. The van der Waals surface area contributed by atoms with Crippen molar-refractivity contribution in [1.29, 1.82) is 0 Å². The quantitative estimate of drug-likeness (QED) is 0.439. The summed E-state index contributed by atoms with van der Waals surface area (Å²) in [7, 11) is 0. The molecule has 0 aromatic carbocycles. The molecule has 0 aliphatic heterocycles. The molecule has 14 heavy (non-hydrogen) atoms. The Morgan fingerprint density at radius 3 is 2.57 bits per heavy atom. The van der Waals surface area contributed by atoms with Gasteiger partial charge in [-0.25, -0.2) is 0 Å². The Labute approximate surface area is 88.5 Å². The molecular formula is C13H24O. The Bertz CT molecular complexity index is 149. The van der Waals surface area contributed by atoms with Crippen LogP contribution < -0.4 is 0 Å². The number of hydrogen-bond donors (Lipinski definition) is 1. The number of hydrogen-bond acceptors (Lipinski definition) is 1. The van der Waals surface area contributed by atoms with E-state index in [0.717, 1.165) is 6.42 Å². The van der Waals surface area contributed by atoms with Crippen LogP contribution >= 0.6 is 0 Å². The normalized spacial score (nSPS) is 13.3. The Balaban J connectivity index is 3.21. The number of allylic oxidation sites excluding steroid dienone is 1. The first-order valence-electron chi connectivity index (χ1n) is 5.76. The predicted octanol–water partition coefficient (Wildman–Crippen LogP) is 3.84. The monoisotopic (exact) mass is 196 g/mol. The lowest BCUT2D eigenvalue weighted by molar-refractivity contribution is 0.226. The van der Waals surface area contributed by atoms with E-state index in [9.17, 15) is 5.11 Å². The fourth-order valence-electron chi connectivity index (χ4n) is 1.37. The van der Waals surface area contributed by atoms with Crippen LogP contribution in [0.25, 0.3) is 0 Å². The van der Waals surface area contributed by atoms with Crippen LogP contribution in [0.5, 0.6) is 0 Å². The first-order chi connectivity index (χ1) is 6.81. The van der Waals surface area contributed by atoms with E-state index in [0.29, 0.717) is 6.42 Å². The molecule has 0 aliphatic rings. The fraction of sp³-hybridized carbons (Fsp3) is 0.692. The highest BCUT2D eigenvalue weighted by Crippen LogP contribution is 2.06. The summed E-state index contributed by atoms with van der Waals surface area (Å²) in [5, 5.41) is 9.33. The van der Waals surface area contributed by atoms with Gasteiger partial charge in [-0.3, -0.25) is 0 Å². The van der Waals surface area contributed by atoms with Crippen LogP contribution in [-0.2, 0) is 0 Å². The molecule has 1 atom stereocenters. The van der Waals surface area contributed by atoms with Crippen molar-refractivity contribution in [2.45, 2.75) is 58.0 Å². The van der Waals surface area contributed by atoms with Gasteiger partial charge in [-0.05, 0) is 19.3 Å². The maximum Gasteiger partial charge on any atom is 0.0755 e. The summed E-state index contributed by atoms with van der Waals surface area (Å²) in [6, 6.07) is 0. The second kappa shape index (κ2) is 10.5. The smallest absolute Gasteiger partial charge is 0.0755 e. The molecule has 0 amide bonds. The highest BCUT2D eigenvalue weighted by atomic mass is 16.3. The van der Waals surface area contributed by atoms with Gasteiger partial charge < -0.3 is 5.11 Å². The van der Waals surface area contributed by atoms with E-state index < -0.39 is 0 Å². The van der Waals surface area contributed by atoms with Crippen molar-refractivity contribution in [2.24, 2.45) is 0 Å². The Morgan fingerprint density at radius 1 is 1.21 bits per heavy atom. The van der Waals surface area contributed by atoms with Crippen LogP contribution in [0, 0.1) is 0 Å². The molecule has 1 N–H and O–H groups in total. The van der Waals surface area contributed by atoms with Crippen LogP contribution in [0.15, 0.2) is 24.8 Å². The molecule has 0 rings (SSSR count). The lowest BCUT2D eigenvalue weighted by Crippen LogP contribution is -1.98. The minimum atomic E-state index is -0.330. The topological polar surface area (TPSA) is 20.2 Å². The Morgan fingerprint density at radius 2 is 1.93 bits per heavy atom. The average molecular weight is 196 g/mol. The molecule has 0 radical (unpaired) electrons. The lowest BCUT2D eigenvalue weighted by Gasteiger charge is -2.00. The zero-order valence-electron chi connectivity index (χ0n) is 9.41. The maximum atomic E-state index is 9.33. The van der Waals surface area contributed by atoms with Gasteiger partial charge >= 0.3 is 0 Å². The molecule has 0 aromatic heterocycles. The fourth-order valence-corrected chi connectivity index (χ4v) is 1.37. The van der Waals surface area contributed by atoms with Crippen molar-refractivity contribution in [2.75, 3.05) is 0 Å². The molecule has 0 fully saturated rings. The van der Waals surface area contributed by atoms with E-state index in [4.69, 9.17) is 0 Å². The highest BCUT2D eigenvalue weighted by Gasteiger charge is 1.92. The summed E-state index contributed by atoms with van der Waals surface area (Å²) < 4.78 is 0. The van der Waals surface area contributed by atoms with Gasteiger partial charge in [0.1, 0.15) is 0 Å². The van der Waals surface area contributed by atoms with E-state index >= 15 is 0 Å². The van der Waals surface area contributed by atoms with Gasteiger partial charge in [0.2, 0.25) is 0 Å². The zero-order chi connectivity index (χ0) is 10.6. The molecule has 1 unspecified atom stereocenters. The van der Waals surface area contributed by atoms with Gasteiger partial charge in [-0.1, -0.05) is 50.8 Å². The van der Waals surface area contributed by atoms with Crippen molar-refractivity contribution in [1.82, 2.24) is 0 Å². The van der Waals surface area contributed by atoms with Crippen LogP contribution in [0.2, 0.25) is 0 Å². The zero-order valence-corrected chi connectivity index (χ0v) is 9.41. The molecule has 0 aliphatic carbocycles. The van der Waals surface area contributed by atoms with Crippen LogP contribution in [0.4, 0.5) is 0 Å². The third-order valence-electron chi connectivity index (χ3n) is 2.24. The predicted molar refractivity (Wildman–Crippen MR) is 63.3 cm³/mol. The maximum absolute atomic E-state index is 9.33. The molecule has 0 saturated heterocycles.